The van der Waals surface area contributed by atoms with Crippen molar-refractivity contribution in [2.45, 2.75) is 50.4 Å². The lowest BCUT2D eigenvalue weighted by atomic mass is 9.60. The molecular weight excluding hydrogens is 252 g/mol. The highest BCUT2D eigenvalue weighted by Crippen LogP contribution is 2.55. The average Bonchev–Trinajstić information content (AvgIpc) is 2.27. The molecule has 0 bridgehead atoms. The summed E-state index contributed by atoms with van der Waals surface area (Å²) in [7, 11) is -1.24. The Morgan fingerprint density at radius 2 is 1.63 bits per heavy atom. The molecule has 102 valence electrons. The van der Waals surface area contributed by atoms with Crippen LogP contribution in [0.25, 0.3) is 0 Å². The van der Waals surface area contributed by atoms with E-state index >= 15 is 0 Å². The predicted molar refractivity (Wildman–Crippen MR) is 80.1 cm³/mol. The maximum absolute atomic E-state index is 12.4. The largest absolute Gasteiger partial charge is 0.291 e. The van der Waals surface area contributed by atoms with Crippen molar-refractivity contribution in [2.75, 3.05) is 0 Å². The third-order valence-electron chi connectivity index (χ3n) is 4.50. The quantitative estimate of drug-likeness (QED) is 0.621. The van der Waals surface area contributed by atoms with Gasteiger partial charge in [-0.1, -0.05) is 50.0 Å². The van der Waals surface area contributed by atoms with Gasteiger partial charge >= 0.3 is 0 Å². The summed E-state index contributed by atoms with van der Waals surface area (Å²) in [4.78, 5) is 24.0. The Morgan fingerprint density at radius 1 is 1.11 bits per heavy atom. The molecule has 0 amide bonds. The first kappa shape index (κ1) is 14.2. The summed E-state index contributed by atoms with van der Waals surface area (Å²) in [6.07, 6.45) is 1.70. The molecule has 1 aliphatic rings. The van der Waals surface area contributed by atoms with Crippen LogP contribution in [0.5, 0.6) is 0 Å². The van der Waals surface area contributed by atoms with Crippen molar-refractivity contribution in [1.82, 2.24) is 0 Å². The van der Waals surface area contributed by atoms with E-state index in [4.69, 9.17) is 0 Å². The van der Waals surface area contributed by atoms with Crippen LogP contribution in [0.2, 0.25) is 25.2 Å². The van der Waals surface area contributed by atoms with Crippen molar-refractivity contribution in [1.29, 1.82) is 0 Å². The highest BCUT2D eigenvalue weighted by molar-refractivity contribution is 6.78. The third-order valence-corrected chi connectivity index (χ3v) is 7.35. The zero-order chi connectivity index (χ0) is 14.3. The van der Waals surface area contributed by atoms with E-state index in [0.717, 1.165) is 18.4 Å². The third kappa shape index (κ3) is 2.44. The van der Waals surface area contributed by atoms with Crippen LogP contribution in [0.1, 0.15) is 25.3 Å². The summed E-state index contributed by atoms with van der Waals surface area (Å²) < 4.78 is 0. The van der Waals surface area contributed by atoms with Crippen LogP contribution in [0, 0.1) is 0 Å². The fourth-order valence-corrected chi connectivity index (χ4v) is 4.96. The minimum atomic E-state index is -1.24. The van der Waals surface area contributed by atoms with E-state index in [-0.39, 0.29) is 11.6 Å². The second-order valence-corrected chi connectivity index (χ2v) is 12.4. The smallest absolute Gasteiger partial charge is 0.208 e. The molecule has 19 heavy (non-hydrogen) atoms. The van der Waals surface area contributed by atoms with Crippen LogP contribution >= 0.6 is 0 Å². The van der Waals surface area contributed by atoms with Crippen molar-refractivity contribution in [2.24, 2.45) is 0 Å². The van der Waals surface area contributed by atoms with E-state index < -0.39 is 13.5 Å². The molecule has 0 aromatic heterocycles. The zero-order valence-electron chi connectivity index (χ0n) is 12.2. The molecule has 1 aromatic carbocycles. The summed E-state index contributed by atoms with van der Waals surface area (Å²) in [5.74, 6) is -0.508. The Kier molecular flexibility index (Phi) is 3.52. The normalized spacial score (nSPS) is 26.6. The predicted octanol–water partition coefficient (Wildman–Crippen LogP) is 3.58. The van der Waals surface area contributed by atoms with Gasteiger partial charge in [0.1, 0.15) is 0 Å². The van der Waals surface area contributed by atoms with Gasteiger partial charge in [0.25, 0.3) is 0 Å². The number of rotatable bonds is 4. The fourth-order valence-electron chi connectivity index (χ4n) is 3.04. The molecule has 0 radical (unpaired) electrons. The number of Topliss-reactive ketones (excluding diaryl/α,β-unsaturated/α-hetero) is 2. The topological polar surface area (TPSA) is 34.1 Å². The monoisotopic (exact) mass is 274 g/mol. The maximum Gasteiger partial charge on any atom is 0.208 e. The van der Waals surface area contributed by atoms with E-state index in [1.165, 1.54) is 6.92 Å². The highest BCUT2D eigenvalue weighted by Gasteiger charge is 2.55. The van der Waals surface area contributed by atoms with Crippen LogP contribution < -0.4 is 0 Å². The summed E-state index contributed by atoms with van der Waals surface area (Å²) in [5.41, 5.74) is 1.12. The van der Waals surface area contributed by atoms with Gasteiger partial charge in [-0.25, -0.2) is 0 Å². The van der Waals surface area contributed by atoms with Gasteiger partial charge in [0.15, 0.2) is 5.78 Å². The first-order valence-corrected chi connectivity index (χ1v) is 10.5. The minimum Gasteiger partial charge on any atom is -0.291 e. The summed E-state index contributed by atoms with van der Waals surface area (Å²) >= 11 is 0. The van der Waals surface area contributed by atoms with Crippen molar-refractivity contribution < 1.29 is 9.59 Å². The van der Waals surface area contributed by atoms with Gasteiger partial charge in [0, 0.05) is 15.0 Å². The summed E-state index contributed by atoms with van der Waals surface area (Å²) in [5, 5.41) is 0. The molecule has 0 atom stereocenters. The van der Waals surface area contributed by atoms with Crippen molar-refractivity contribution >= 4 is 19.6 Å². The number of carbonyl (C=O) groups excluding carboxylic acids is 2. The number of hydrogen-bond acceptors (Lipinski definition) is 2. The molecule has 0 saturated heterocycles. The van der Waals surface area contributed by atoms with Gasteiger partial charge in [-0.05, 0) is 23.9 Å². The SMILES string of the molecule is CC(=O)C(=O)C1(c2ccccc2)CC([Si](C)(C)C)C1. The Balaban J connectivity index is 2.34. The van der Waals surface area contributed by atoms with E-state index in [0.29, 0.717) is 5.54 Å². The first-order chi connectivity index (χ1) is 8.77. The van der Waals surface area contributed by atoms with Crippen LogP contribution in [-0.4, -0.2) is 19.6 Å². The zero-order valence-corrected chi connectivity index (χ0v) is 13.2. The van der Waals surface area contributed by atoms with Crippen molar-refractivity contribution in [3.63, 3.8) is 0 Å². The van der Waals surface area contributed by atoms with Gasteiger partial charge < -0.3 is 0 Å². The first-order valence-electron chi connectivity index (χ1n) is 6.88. The Morgan fingerprint density at radius 3 is 2.05 bits per heavy atom. The fraction of sp³-hybridized carbons (Fsp3) is 0.500. The minimum absolute atomic E-state index is 0.201. The molecule has 0 N–H and O–H groups in total. The lowest BCUT2D eigenvalue weighted by Crippen LogP contribution is -2.53. The molecule has 1 saturated carbocycles. The van der Waals surface area contributed by atoms with Gasteiger partial charge in [0.05, 0.1) is 5.41 Å². The molecular formula is C16H22O2Si. The van der Waals surface area contributed by atoms with Gasteiger partial charge in [-0.15, -0.1) is 0 Å². The Labute approximate surface area is 116 Å². The number of benzene rings is 1. The molecule has 3 heteroatoms. The second-order valence-electron chi connectivity index (χ2n) is 6.80. The van der Waals surface area contributed by atoms with Crippen LogP contribution in [0.15, 0.2) is 30.3 Å². The summed E-state index contributed by atoms with van der Waals surface area (Å²) in [6, 6.07) is 9.82. The van der Waals surface area contributed by atoms with E-state index in [2.05, 4.69) is 19.6 Å². The van der Waals surface area contributed by atoms with Crippen molar-refractivity contribution in [3.8, 4) is 0 Å². The van der Waals surface area contributed by atoms with Crippen LogP contribution in [-0.2, 0) is 15.0 Å². The lowest BCUT2D eigenvalue weighted by Gasteiger charge is -2.51. The molecule has 2 nitrogen and oxygen atoms in total. The second kappa shape index (κ2) is 4.71. The van der Waals surface area contributed by atoms with E-state index in [1.807, 2.05) is 30.3 Å². The van der Waals surface area contributed by atoms with Crippen LogP contribution in [0.3, 0.4) is 0 Å². The molecule has 1 aromatic rings. The molecule has 0 unspecified atom stereocenters. The molecule has 1 fully saturated rings. The Bertz CT molecular complexity index is 493. The summed E-state index contributed by atoms with van der Waals surface area (Å²) in [6.45, 7) is 8.41. The van der Waals surface area contributed by atoms with Crippen LogP contribution in [0.4, 0.5) is 0 Å². The molecule has 0 spiro atoms. The Hall–Kier alpha value is -1.22. The highest BCUT2D eigenvalue weighted by atomic mass is 28.3. The lowest BCUT2D eigenvalue weighted by molar-refractivity contribution is -0.141. The van der Waals surface area contributed by atoms with E-state index in [9.17, 15) is 9.59 Å². The number of ketones is 2. The average molecular weight is 274 g/mol. The molecule has 1 aliphatic carbocycles. The number of hydrogen-bond donors (Lipinski definition) is 0. The van der Waals surface area contributed by atoms with Gasteiger partial charge in [-0.3, -0.25) is 9.59 Å². The molecule has 2 rings (SSSR count). The molecule has 0 heterocycles. The molecule has 0 aliphatic heterocycles. The van der Waals surface area contributed by atoms with Gasteiger partial charge in [-0.2, -0.15) is 0 Å². The number of carbonyl (C=O) groups is 2. The standard InChI is InChI=1S/C16H22O2Si/c1-12(17)15(18)16(13-8-6-5-7-9-13)10-14(11-16)19(2,3)4/h5-9,14H,10-11H2,1-4H3. The van der Waals surface area contributed by atoms with Crippen molar-refractivity contribution in [3.05, 3.63) is 35.9 Å². The van der Waals surface area contributed by atoms with Gasteiger partial charge in [0.2, 0.25) is 5.78 Å². The maximum atomic E-state index is 12.4. The van der Waals surface area contributed by atoms with E-state index in [1.54, 1.807) is 0 Å².